The molecule has 198 valence electrons. The fourth-order valence-electron chi connectivity index (χ4n) is 4.37. The van der Waals surface area contributed by atoms with Gasteiger partial charge in [-0.25, -0.2) is 0 Å². The topological polar surface area (TPSA) is 99.8 Å². The molecule has 0 radical (unpaired) electrons. The Morgan fingerprint density at radius 1 is 1.00 bits per heavy atom. The number of nitrogens with one attached hydrogen (secondary N) is 3. The third kappa shape index (κ3) is 7.43. The predicted octanol–water partition coefficient (Wildman–Crippen LogP) is 2.53. The largest absolute Gasteiger partial charge is 0.496 e. The second-order valence-corrected chi connectivity index (χ2v) is 9.72. The highest BCUT2D eigenvalue weighted by Gasteiger charge is 2.33. The number of ether oxygens (including phenoxy) is 1. The van der Waals surface area contributed by atoms with Crippen molar-refractivity contribution in [3.63, 3.8) is 0 Å². The van der Waals surface area contributed by atoms with Gasteiger partial charge < -0.3 is 20.7 Å². The van der Waals surface area contributed by atoms with E-state index in [9.17, 15) is 14.4 Å². The van der Waals surface area contributed by atoms with Gasteiger partial charge in [0.15, 0.2) is 0 Å². The second kappa shape index (κ2) is 13.1. The Balaban J connectivity index is 2.03. The van der Waals surface area contributed by atoms with E-state index in [4.69, 9.17) is 4.74 Å². The van der Waals surface area contributed by atoms with Gasteiger partial charge in [0, 0.05) is 19.0 Å². The minimum absolute atomic E-state index is 0.138. The van der Waals surface area contributed by atoms with E-state index < -0.39 is 18.1 Å². The van der Waals surface area contributed by atoms with E-state index in [1.54, 1.807) is 19.4 Å². The lowest BCUT2D eigenvalue weighted by molar-refractivity contribution is -0.134. The average molecular weight is 507 g/mol. The first kappa shape index (κ1) is 27.9. The molecule has 0 unspecified atom stereocenters. The molecule has 0 fully saturated rings. The van der Waals surface area contributed by atoms with Gasteiger partial charge in [0.25, 0.3) is 0 Å². The normalized spacial score (nSPS) is 21.8. The number of carbonyl (C=O) groups is 3. The molecule has 0 saturated carbocycles. The van der Waals surface area contributed by atoms with Crippen molar-refractivity contribution in [3.8, 4) is 5.75 Å². The number of amides is 3. The molecule has 8 heteroatoms. The maximum Gasteiger partial charge on any atom is 0.246 e. The van der Waals surface area contributed by atoms with Gasteiger partial charge in [-0.1, -0.05) is 56.7 Å². The lowest BCUT2D eigenvalue weighted by Gasteiger charge is -2.30. The number of likely N-dealkylation sites (N-methyl/N-ethyl adjacent to an activating group) is 1. The lowest BCUT2D eigenvalue weighted by Crippen LogP contribution is -2.58. The zero-order chi connectivity index (χ0) is 26.9. The summed E-state index contributed by atoms with van der Waals surface area (Å²) >= 11 is 0. The quantitative estimate of drug-likeness (QED) is 0.559. The van der Waals surface area contributed by atoms with Gasteiger partial charge in [-0.3, -0.25) is 19.3 Å². The highest BCUT2D eigenvalue weighted by Crippen LogP contribution is 2.23. The van der Waals surface area contributed by atoms with E-state index in [1.807, 2.05) is 81.4 Å². The van der Waals surface area contributed by atoms with Gasteiger partial charge in [0.2, 0.25) is 17.7 Å². The zero-order valence-electron chi connectivity index (χ0n) is 22.3. The summed E-state index contributed by atoms with van der Waals surface area (Å²) in [4.78, 5) is 42.1. The minimum atomic E-state index is -0.816. The molecular weight excluding hydrogens is 468 g/mol. The molecule has 0 aromatic heterocycles. The number of methoxy groups -OCH3 is 1. The monoisotopic (exact) mass is 506 g/mol. The van der Waals surface area contributed by atoms with Crippen LogP contribution in [0.5, 0.6) is 5.75 Å². The van der Waals surface area contributed by atoms with Crippen molar-refractivity contribution >= 4 is 23.8 Å². The average Bonchev–Trinajstić information content (AvgIpc) is 2.89. The summed E-state index contributed by atoms with van der Waals surface area (Å²) in [6.07, 6.45) is 4.76. The predicted molar refractivity (Wildman–Crippen MR) is 145 cm³/mol. The SMILES string of the molecule is CC[C@H](C)[C@H]1NC(=O)[C@H](N(C)C)Cc2cc(ccc2OC)C=CNC(=O)[C@H](Cc2ccccc2)NC1=O. The van der Waals surface area contributed by atoms with Crippen molar-refractivity contribution in [3.05, 3.63) is 71.4 Å². The van der Waals surface area contributed by atoms with Crippen LogP contribution in [0.4, 0.5) is 0 Å². The lowest BCUT2D eigenvalue weighted by atomic mass is 9.95. The maximum atomic E-state index is 13.5. The first-order chi connectivity index (χ1) is 17.7. The third-order valence-electron chi connectivity index (χ3n) is 6.85. The van der Waals surface area contributed by atoms with Crippen LogP contribution in [0.2, 0.25) is 0 Å². The van der Waals surface area contributed by atoms with E-state index >= 15 is 0 Å². The van der Waals surface area contributed by atoms with Crippen LogP contribution in [0.15, 0.2) is 54.7 Å². The molecule has 1 aliphatic rings. The highest BCUT2D eigenvalue weighted by atomic mass is 16.5. The molecule has 2 bridgehead atoms. The minimum Gasteiger partial charge on any atom is -0.496 e. The van der Waals surface area contributed by atoms with Gasteiger partial charge in [-0.05, 0) is 54.9 Å². The van der Waals surface area contributed by atoms with Crippen LogP contribution in [0.3, 0.4) is 0 Å². The van der Waals surface area contributed by atoms with Gasteiger partial charge in [-0.15, -0.1) is 0 Å². The fourth-order valence-corrected chi connectivity index (χ4v) is 4.37. The van der Waals surface area contributed by atoms with E-state index in [2.05, 4.69) is 16.0 Å². The number of nitrogens with zero attached hydrogens (tertiary/aromatic N) is 1. The van der Waals surface area contributed by atoms with Gasteiger partial charge in [0.1, 0.15) is 17.8 Å². The Morgan fingerprint density at radius 2 is 1.73 bits per heavy atom. The Bertz CT molecular complexity index is 1120. The number of rotatable bonds is 6. The van der Waals surface area contributed by atoms with Crippen LogP contribution in [0.1, 0.15) is 37.0 Å². The molecule has 2 aromatic rings. The zero-order valence-corrected chi connectivity index (χ0v) is 22.3. The fraction of sp³-hybridized carbons (Fsp3) is 0.414. The van der Waals surface area contributed by atoms with Gasteiger partial charge >= 0.3 is 0 Å². The number of hydrogen-bond acceptors (Lipinski definition) is 5. The van der Waals surface area contributed by atoms with Crippen molar-refractivity contribution in [2.24, 2.45) is 5.92 Å². The van der Waals surface area contributed by atoms with E-state index in [-0.39, 0.29) is 23.6 Å². The molecule has 0 aliphatic carbocycles. The third-order valence-corrected chi connectivity index (χ3v) is 6.85. The van der Waals surface area contributed by atoms with E-state index in [0.29, 0.717) is 25.0 Å². The number of fused-ring (bicyclic) bond motifs is 2. The molecule has 0 spiro atoms. The molecule has 1 aliphatic heterocycles. The molecule has 3 amide bonds. The standard InChI is InChI=1S/C29H38N4O4/c1-6-19(2)26-29(36)31-23(17-20-10-8-7-9-11-20)27(34)30-15-14-21-12-13-25(37-5)22(16-21)18-24(33(3)4)28(35)32-26/h7-16,19,23-24,26H,6,17-18H2,1-5H3,(H,30,34)(H,31,36)(H,32,35)/t19-,23-,24+,26+/m0/s1. The molecule has 1 heterocycles. The van der Waals surface area contributed by atoms with E-state index in [1.165, 1.54) is 0 Å². The molecular formula is C29H38N4O4. The molecule has 8 nitrogen and oxygen atoms in total. The first-order valence-corrected chi connectivity index (χ1v) is 12.7. The van der Waals surface area contributed by atoms with Crippen molar-refractivity contribution < 1.29 is 19.1 Å². The Labute approximate surface area is 219 Å². The van der Waals surface area contributed by atoms with Crippen LogP contribution in [-0.4, -0.2) is 62.0 Å². The number of benzene rings is 2. The van der Waals surface area contributed by atoms with E-state index in [0.717, 1.165) is 16.7 Å². The van der Waals surface area contributed by atoms with Crippen LogP contribution in [-0.2, 0) is 27.2 Å². The van der Waals surface area contributed by atoms with Crippen molar-refractivity contribution in [1.82, 2.24) is 20.9 Å². The second-order valence-electron chi connectivity index (χ2n) is 9.72. The maximum absolute atomic E-state index is 13.5. The van der Waals surface area contributed by atoms with Crippen molar-refractivity contribution in [2.75, 3.05) is 21.2 Å². The van der Waals surface area contributed by atoms with Crippen LogP contribution in [0.25, 0.3) is 6.08 Å². The summed E-state index contributed by atoms with van der Waals surface area (Å²) in [5, 5.41) is 8.70. The smallest absolute Gasteiger partial charge is 0.246 e. The van der Waals surface area contributed by atoms with Gasteiger partial charge in [0.05, 0.1) is 13.2 Å². The molecule has 2 aromatic carbocycles. The molecule has 3 N–H and O–H groups in total. The summed E-state index contributed by atoms with van der Waals surface area (Å²) in [5.74, 6) is -0.442. The van der Waals surface area contributed by atoms with Crippen molar-refractivity contribution in [2.45, 2.75) is 51.2 Å². The summed E-state index contributed by atoms with van der Waals surface area (Å²) < 4.78 is 5.55. The van der Waals surface area contributed by atoms with Crippen LogP contribution >= 0.6 is 0 Å². The van der Waals surface area contributed by atoms with Gasteiger partial charge in [-0.2, -0.15) is 0 Å². The summed E-state index contributed by atoms with van der Waals surface area (Å²) in [6.45, 7) is 3.89. The summed E-state index contributed by atoms with van der Waals surface area (Å²) in [7, 11) is 5.27. The Morgan fingerprint density at radius 3 is 2.38 bits per heavy atom. The molecule has 0 saturated heterocycles. The first-order valence-electron chi connectivity index (χ1n) is 12.7. The van der Waals surface area contributed by atoms with Crippen LogP contribution < -0.4 is 20.7 Å². The molecule has 37 heavy (non-hydrogen) atoms. The Kier molecular flexibility index (Phi) is 9.85. The summed E-state index contributed by atoms with van der Waals surface area (Å²) in [6, 6.07) is 13.1. The highest BCUT2D eigenvalue weighted by molar-refractivity contribution is 5.94. The molecule has 3 rings (SSSR count). The number of carbonyl (C=O) groups excluding carboxylic acids is 3. The van der Waals surface area contributed by atoms with Crippen molar-refractivity contribution in [1.29, 1.82) is 0 Å². The molecule has 4 atom stereocenters. The van der Waals surface area contributed by atoms with Crippen LogP contribution in [0, 0.1) is 5.92 Å². The number of hydrogen-bond donors (Lipinski definition) is 3. The Hall–Kier alpha value is -3.65. The summed E-state index contributed by atoms with van der Waals surface area (Å²) in [5.41, 5.74) is 2.62.